The van der Waals surface area contributed by atoms with E-state index < -0.39 is 0 Å². The van der Waals surface area contributed by atoms with Gasteiger partial charge in [-0.25, -0.2) is 0 Å². The van der Waals surface area contributed by atoms with Gasteiger partial charge in [0.25, 0.3) is 0 Å². The third-order valence-electron chi connectivity index (χ3n) is 2.61. The van der Waals surface area contributed by atoms with E-state index in [2.05, 4.69) is 6.58 Å². The molecule has 18 heavy (non-hydrogen) atoms. The average Bonchev–Trinajstić information content (AvgIpc) is 2.32. The van der Waals surface area contributed by atoms with Crippen LogP contribution in [0.2, 0.25) is 5.02 Å². The molecule has 1 N–H and O–H groups in total. The van der Waals surface area contributed by atoms with Crippen LogP contribution in [0.25, 0.3) is 0 Å². The van der Waals surface area contributed by atoms with Crippen molar-refractivity contribution in [3.8, 4) is 0 Å². The monoisotopic (exact) mass is 267 g/mol. The topological polar surface area (TPSA) is 40.5 Å². The highest BCUT2D eigenvalue weighted by Gasteiger charge is 2.13. The lowest BCUT2D eigenvalue weighted by molar-refractivity contribution is -0.118. The molecule has 1 aromatic rings. The van der Waals surface area contributed by atoms with E-state index in [0.717, 1.165) is 5.69 Å². The molecule has 98 valence electrons. The van der Waals surface area contributed by atoms with Gasteiger partial charge in [0.15, 0.2) is 0 Å². The number of amides is 1. The van der Waals surface area contributed by atoms with E-state index in [1.54, 1.807) is 17.0 Å². The van der Waals surface area contributed by atoms with E-state index in [4.69, 9.17) is 16.7 Å². The maximum atomic E-state index is 12.0. The lowest BCUT2D eigenvalue weighted by Crippen LogP contribution is -2.30. The Balaban J connectivity index is 2.62. The molecule has 1 rings (SSSR count). The third-order valence-corrected chi connectivity index (χ3v) is 2.86. The van der Waals surface area contributed by atoms with Gasteiger partial charge < -0.3 is 10.0 Å². The van der Waals surface area contributed by atoms with E-state index in [-0.39, 0.29) is 11.7 Å². The standard InChI is InChI=1S/C14H18ClNO2/c1-3-16(13-9-7-12(15)8-10-13)14(18)6-4-5-11(2)17/h7-10,17H,2-6H2,1H3. The summed E-state index contributed by atoms with van der Waals surface area (Å²) in [5.41, 5.74) is 0.842. The molecule has 3 nitrogen and oxygen atoms in total. The molecular formula is C14H18ClNO2. The normalized spacial score (nSPS) is 10.1. The van der Waals surface area contributed by atoms with Gasteiger partial charge in [-0.1, -0.05) is 18.2 Å². The van der Waals surface area contributed by atoms with E-state index in [1.165, 1.54) is 0 Å². The minimum Gasteiger partial charge on any atom is -0.513 e. The summed E-state index contributed by atoms with van der Waals surface area (Å²) >= 11 is 5.82. The summed E-state index contributed by atoms with van der Waals surface area (Å²) in [6, 6.07) is 7.19. The molecule has 0 saturated heterocycles. The number of aliphatic hydroxyl groups excluding tert-OH is 1. The maximum absolute atomic E-state index is 12.0. The Labute approximate surface area is 113 Å². The molecule has 0 bridgehead atoms. The van der Waals surface area contributed by atoms with Crippen molar-refractivity contribution in [3.63, 3.8) is 0 Å². The molecule has 4 heteroatoms. The van der Waals surface area contributed by atoms with Gasteiger partial charge in [-0.05, 0) is 37.6 Å². The molecule has 0 aliphatic carbocycles. The number of rotatable bonds is 6. The van der Waals surface area contributed by atoms with Crippen molar-refractivity contribution in [1.29, 1.82) is 0 Å². The maximum Gasteiger partial charge on any atom is 0.226 e. The second-order valence-corrected chi connectivity index (χ2v) is 4.47. The Hall–Kier alpha value is -1.48. The fourth-order valence-corrected chi connectivity index (χ4v) is 1.83. The molecule has 0 saturated carbocycles. The van der Waals surface area contributed by atoms with Crippen LogP contribution in [-0.4, -0.2) is 17.6 Å². The van der Waals surface area contributed by atoms with Crippen LogP contribution in [0.3, 0.4) is 0 Å². The lowest BCUT2D eigenvalue weighted by Gasteiger charge is -2.21. The first kappa shape index (κ1) is 14.6. The highest BCUT2D eigenvalue weighted by molar-refractivity contribution is 6.30. The largest absolute Gasteiger partial charge is 0.513 e. The van der Waals surface area contributed by atoms with Crippen LogP contribution in [0.1, 0.15) is 26.2 Å². The Bertz CT molecular complexity index is 414. The van der Waals surface area contributed by atoms with Crippen LogP contribution in [-0.2, 0) is 4.79 Å². The zero-order valence-corrected chi connectivity index (χ0v) is 11.3. The Morgan fingerprint density at radius 3 is 2.44 bits per heavy atom. The van der Waals surface area contributed by atoms with Crippen molar-refractivity contribution in [3.05, 3.63) is 41.6 Å². The molecular weight excluding hydrogens is 250 g/mol. The number of hydrogen-bond acceptors (Lipinski definition) is 2. The van der Waals surface area contributed by atoms with E-state index in [1.807, 2.05) is 19.1 Å². The second kappa shape index (κ2) is 7.07. The number of carbonyl (C=O) groups excluding carboxylic acids is 1. The first-order valence-corrected chi connectivity index (χ1v) is 6.35. The van der Waals surface area contributed by atoms with Crippen molar-refractivity contribution >= 4 is 23.2 Å². The number of carbonyl (C=O) groups is 1. The fourth-order valence-electron chi connectivity index (χ4n) is 1.70. The minimum atomic E-state index is 0.0427. The van der Waals surface area contributed by atoms with Crippen molar-refractivity contribution < 1.29 is 9.90 Å². The zero-order valence-electron chi connectivity index (χ0n) is 10.5. The van der Waals surface area contributed by atoms with Crippen molar-refractivity contribution in [2.24, 2.45) is 0 Å². The van der Waals surface area contributed by atoms with Gasteiger partial charge in [0.2, 0.25) is 5.91 Å². The van der Waals surface area contributed by atoms with Gasteiger partial charge in [-0.2, -0.15) is 0 Å². The molecule has 0 radical (unpaired) electrons. The molecule has 0 heterocycles. The Morgan fingerprint density at radius 2 is 1.94 bits per heavy atom. The number of hydrogen-bond donors (Lipinski definition) is 1. The highest BCUT2D eigenvalue weighted by Crippen LogP contribution is 2.19. The van der Waals surface area contributed by atoms with Gasteiger partial charge >= 0.3 is 0 Å². The smallest absolute Gasteiger partial charge is 0.226 e. The molecule has 1 amide bonds. The van der Waals surface area contributed by atoms with E-state index in [0.29, 0.717) is 30.8 Å². The van der Waals surface area contributed by atoms with Gasteiger partial charge in [0.05, 0.1) is 5.76 Å². The lowest BCUT2D eigenvalue weighted by atomic mass is 10.2. The third kappa shape index (κ3) is 4.41. The minimum absolute atomic E-state index is 0.0427. The summed E-state index contributed by atoms with van der Waals surface area (Å²) in [5.74, 6) is 0.165. The molecule has 0 aromatic heterocycles. The van der Waals surface area contributed by atoms with Gasteiger partial charge in [0, 0.05) is 30.1 Å². The quantitative estimate of drug-likeness (QED) is 0.793. The predicted molar refractivity (Wildman–Crippen MR) is 75.1 cm³/mol. The van der Waals surface area contributed by atoms with Crippen molar-refractivity contribution in [2.45, 2.75) is 26.2 Å². The summed E-state index contributed by atoms with van der Waals surface area (Å²) in [5, 5.41) is 9.63. The molecule has 0 spiro atoms. The number of aliphatic hydroxyl groups is 1. The number of allylic oxidation sites excluding steroid dienone is 1. The fraction of sp³-hybridized carbons (Fsp3) is 0.357. The number of anilines is 1. The zero-order chi connectivity index (χ0) is 13.5. The van der Waals surface area contributed by atoms with E-state index >= 15 is 0 Å². The number of nitrogens with zero attached hydrogens (tertiary/aromatic N) is 1. The van der Waals surface area contributed by atoms with Crippen LogP contribution in [0, 0.1) is 0 Å². The van der Waals surface area contributed by atoms with Gasteiger partial charge in [-0.15, -0.1) is 0 Å². The molecule has 0 fully saturated rings. The van der Waals surface area contributed by atoms with Crippen LogP contribution in [0.15, 0.2) is 36.6 Å². The predicted octanol–water partition coefficient (Wildman–Crippen LogP) is 3.93. The molecule has 1 aromatic carbocycles. The van der Waals surface area contributed by atoms with Crippen LogP contribution in [0.4, 0.5) is 5.69 Å². The summed E-state index contributed by atoms with van der Waals surface area (Å²) in [6.07, 6.45) is 1.47. The van der Waals surface area contributed by atoms with E-state index in [9.17, 15) is 4.79 Å². The second-order valence-electron chi connectivity index (χ2n) is 4.03. The molecule has 0 unspecified atom stereocenters. The van der Waals surface area contributed by atoms with Gasteiger partial charge in [0.1, 0.15) is 0 Å². The van der Waals surface area contributed by atoms with Crippen LogP contribution >= 0.6 is 11.6 Å². The molecule has 0 aliphatic heterocycles. The molecule has 0 aliphatic rings. The highest BCUT2D eigenvalue weighted by atomic mass is 35.5. The van der Waals surface area contributed by atoms with Crippen molar-refractivity contribution in [2.75, 3.05) is 11.4 Å². The summed E-state index contributed by atoms with van der Waals surface area (Å²) in [7, 11) is 0. The van der Waals surface area contributed by atoms with Gasteiger partial charge in [-0.3, -0.25) is 4.79 Å². The first-order valence-electron chi connectivity index (χ1n) is 5.97. The summed E-state index contributed by atoms with van der Waals surface area (Å²) in [4.78, 5) is 13.7. The van der Waals surface area contributed by atoms with Crippen LogP contribution in [0.5, 0.6) is 0 Å². The number of halogens is 1. The number of benzene rings is 1. The van der Waals surface area contributed by atoms with Crippen molar-refractivity contribution in [1.82, 2.24) is 0 Å². The first-order chi connectivity index (χ1) is 8.54. The Morgan fingerprint density at radius 1 is 1.33 bits per heavy atom. The Kier molecular flexibility index (Phi) is 5.72. The van der Waals surface area contributed by atoms with Crippen LogP contribution < -0.4 is 4.90 Å². The SMILES string of the molecule is C=C(O)CCCC(=O)N(CC)c1ccc(Cl)cc1. The molecule has 0 atom stereocenters. The summed E-state index contributed by atoms with van der Waals surface area (Å²) < 4.78 is 0. The summed E-state index contributed by atoms with van der Waals surface area (Å²) in [6.45, 7) is 5.94. The average molecular weight is 268 g/mol.